The first kappa shape index (κ1) is 14.8. The Hall–Kier alpha value is -3.09. The molecule has 7 nitrogen and oxygen atoms in total. The number of hydrogen-bond acceptors (Lipinski definition) is 4. The van der Waals surface area contributed by atoms with Gasteiger partial charge in [0.15, 0.2) is 5.76 Å². The molecule has 1 atom stereocenters. The molecular formula is C16H15N3O4. The summed E-state index contributed by atoms with van der Waals surface area (Å²) < 4.78 is 5.06. The number of benzene rings is 1. The summed E-state index contributed by atoms with van der Waals surface area (Å²) in [6, 6.07) is 9.75. The summed E-state index contributed by atoms with van der Waals surface area (Å²) in [6.45, 7) is 3.28. The number of hydrazine groups is 1. The predicted molar refractivity (Wildman–Crippen MR) is 80.1 cm³/mol. The zero-order chi connectivity index (χ0) is 16.6. The van der Waals surface area contributed by atoms with E-state index >= 15 is 0 Å². The predicted octanol–water partition coefficient (Wildman–Crippen LogP) is 1.70. The summed E-state index contributed by atoms with van der Waals surface area (Å²) in [6.07, 6.45) is 1.37. The van der Waals surface area contributed by atoms with Gasteiger partial charge in [-0.15, -0.1) is 0 Å². The molecule has 0 aliphatic carbocycles. The van der Waals surface area contributed by atoms with Crippen LogP contribution in [0.4, 0.5) is 4.79 Å². The highest BCUT2D eigenvalue weighted by molar-refractivity contribution is 6.09. The van der Waals surface area contributed by atoms with E-state index in [1.807, 2.05) is 6.07 Å². The topological polar surface area (TPSA) is 91.7 Å². The van der Waals surface area contributed by atoms with Crippen molar-refractivity contribution in [2.45, 2.75) is 19.4 Å². The minimum Gasteiger partial charge on any atom is -0.459 e. The van der Waals surface area contributed by atoms with Crippen LogP contribution >= 0.6 is 0 Å². The number of amides is 4. The number of rotatable bonds is 3. The molecule has 2 N–H and O–H groups in total. The van der Waals surface area contributed by atoms with E-state index in [9.17, 15) is 14.4 Å². The van der Waals surface area contributed by atoms with E-state index in [0.717, 1.165) is 0 Å². The van der Waals surface area contributed by atoms with Gasteiger partial charge in [0.05, 0.1) is 6.26 Å². The van der Waals surface area contributed by atoms with Crippen molar-refractivity contribution < 1.29 is 18.8 Å². The number of nitrogens with zero attached hydrogens (tertiary/aromatic N) is 1. The van der Waals surface area contributed by atoms with Gasteiger partial charge in [0.25, 0.3) is 5.91 Å². The maximum absolute atomic E-state index is 12.6. The van der Waals surface area contributed by atoms with Gasteiger partial charge in [-0.05, 0) is 25.5 Å². The Morgan fingerprint density at radius 2 is 1.91 bits per heavy atom. The highest BCUT2D eigenvalue weighted by atomic mass is 16.3. The van der Waals surface area contributed by atoms with Crippen LogP contribution < -0.4 is 10.7 Å². The molecule has 1 aromatic heterocycles. The molecule has 0 radical (unpaired) electrons. The number of imide groups is 1. The summed E-state index contributed by atoms with van der Waals surface area (Å²) in [4.78, 5) is 36.9. The minimum atomic E-state index is -1.23. The van der Waals surface area contributed by atoms with Gasteiger partial charge in [-0.25, -0.2) is 10.2 Å². The summed E-state index contributed by atoms with van der Waals surface area (Å²) in [7, 11) is 0. The third kappa shape index (κ3) is 2.36. The standard InChI is InChI=1S/C16H15N3O4/c1-10-8-9-23-12(10)13(20)18-19-14(21)16(2,17-15(19)22)11-6-4-3-5-7-11/h3-9H,1-2H3,(H,17,22)(H,18,20). The molecule has 1 aliphatic rings. The Kier molecular flexibility index (Phi) is 3.40. The van der Waals surface area contributed by atoms with Crippen LogP contribution in [0.5, 0.6) is 0 Å². The molecule has 0 spiro atoms. The van der Waals surface area contributed by atoms with Crippen LogP contribution in [-0.2, 0) is 10.3 Å². The first-order chi connectivity index (χ1) is 10.9. The Bertz CT molecular complexity index is 784. The first-order valence-corrected chi connectivity index (χ1v) is 7.01. The quantitative estimate of drug-likeness (QED) is 0.844. The van der Waals surface area contributed by atoms with E-state index in [2.05, 4.69) is 10.7 Å². The normalized spacial score (nSPS) is 20.5. The second kappa shape index (κ2) is 5.28. The number of hydrogen-bond donors (Lipinski definition) is 2. The molecule has 2 heterocycles. The highest BCUT2D eigenvalue weighted by Crippen LogP contribution is 2.27. The van der Waals surface area contributed by atoms with Crippen molar-refractivity contribution in [3.05, 3.63) is 59.5 Å². The second-order valence-electron chi connectivity index (χ2n) is 5.44. The van der Waals surface area contributed by atoms with Gasteiger partial charge >= 0.3 is 11.9 Å². The summed E-state index contributed by atoms with van der Waals surface area (Å²) in [5.41, 5.74) is 2.29. The lowest BCUT2D eigenvalue weighted by atomic mass is 9.92. The van der Waals surface area contributed by atoms with Crippen molar-refractivity contribution >= 4 is 17.8 Å². The summed E-state index contributed by atoms with van der Waals surface area (Å²) in [5.74, 6) is -1.17. The average molecular weight is 313 g/mol. The minimum absolute atomic E-state index is 0.0546. The summed E-state index contributed by atoms with van der Waals surface area (Å²) >= 11 is 0. The molecule has 1 aromatic carbocycles. The van der Waals surface area contributed by atoms with Crippen molar-refractivity contribution in [2.24, 2.45) is 0 Å². The molecule has 1 fully saturated rings. The number of aryl methyl sites for hydroxylation is 1. The lowest BCUT2D eigenvalue weighted by molar-refractivity contribution is -0.132. The molecule has 0 saturated carbocycles. The third-order valence-corrected chi connectivity index (χ3v) is 3.82. The lowest BCUT2D eigenvalue weighted by Gasteiger charge is -2.21. The van der Waals surface area contributed by atoms with Gasteiger partial charge < -0.3 is 9.73 Å². The van der Waals surface area contributed by atoms with Crippen LogP contribution in [-0.4, -0.2) is 22.9 Å². The molecule has 2 aromatic rings. The molecule has 23 heavy (non-hydrogen) atoms. The van der Waals surface area contributed by atoms with Gasteiger partial charge in [0.1, 0.15) is 5.54 Å². The third-order valence-electron chi connectivity index (χ3n) is 3.82. The maximum atomic E-state index is 12.6. The van der Waals surface area contributed by atoms with Crippen LogP contribution in [0.3, 0.4) is 0 Å². The first-order valence-electron chi connectivity index (χ1n) is 7.01. The Morgan fingerprint density at radius 1 is 1.22 bits per heavy atom. The molecule has 118 valence electrons. The zero-order valence-corrected chi connectivity index (χ0v) is 12.6. The van der Waals surface area contributed by atoms with Crippen LogP contribution in [0.25, 0.3) is 0 Å². The van der Waals surface area contributed by atoms with E-state index in [1.54, 1.807) is 44.2 Å². The van der Waals surface area contributed by atoms with Crippen molar-refractivity contribution in [3.63, 3.8) is 0 Å². The van der Waals surface area contributed by atoms with Gasteiger partial charge in [-0.3, -0.25) is 9.59 Å². The van der Waals surface area contributed by atoms with Gasteiger partial charge in [-0.2, -0.15) is 5.01 Å². The molecule has 7 heteroatoms. The monoisotopic (exact) mass is 313 g/mol. The molecule has 0 bridgehead atoms. The van der Waals surface area contributed by atoms with E-state index in [-0.39, 0.29) is 5.76 Å². The highest BCUT2D eigenvalue weighted by Gasteiger charge is 2.50. The van der Waals surface area contributed by atoms with E-state index < -0.39 is 23.4 Å². The SMILES string of the molecule is Cc1ccoc1C(=O)NN1C(=O)NC(C)(c2ccccc2)C1=O. The molecule has 4 amide bonds. The van der Waals surface area contributed by atoms with E-state index in [1.165, 1.54) is 6.26 Å². The Labute approximate surface area is 132 Å². The number of furan rings is 1. The molecular weight excluding hydrogens is 298 g/mol. The van der Waals surface area contributed by atoms with Crippen molar-refractivity contribution in [2.75, 3.05) is 0 Å². The number of carbonyl (C=O) groups excluding carboxylic acids is 3. The van der Waals surface area contributed by atoms with Gasteiger partial charge in [0.2, 0.25) is 0 Å². The largest absolute Gasteiger partial charge is 0.459 e. The van der Waals surface area contributed by atoms with Crippen molar-refractivity contribution in [3.8, 4) is 0 Å². The van der Waals surface area contributed by atoms with E-state index in [0.29, 0.717) is 16.1 Å². The Morgan fingerprint density at radius 3 is 2.52 bits per heavy atom. The fourth-order valence-electron chi connectivity index (χ4n) is 2.47. The van der Waals surface area contributed by atoms with Crippen molar-refractivity contribution in [1.29, 1.82) is 0 Å². The molecule has 1 saturated heterocycles. The number of urea groups is 1. The van der Waals surface area contributed by atoms with Crippen LogP contribution in [0, 0.1) is 6.92 Å². The van der Waals surface area contributed by atoms with Crippen molar-refractivity contribution in [1.82, 2.24) is 15.8 Å². The van der Waals surface area contributed by atoms with Gasteiger partial charge in [-0.1, -0.05) is 30.3 Å². The van der Waals surface area contributed by atoms with Crippen LogP contribution in [0.15, 0.2) is 47.1 Å². The maximum Gasteiger partial charge on any atom is 0.344 e. The molecule has 1 aliphatic heterocycles. The van der Waals surface area contributed by atoms with Crippen LogP contribution in [0.1, 0.15) is 28.6 Å². The molecule has 1 unspecified atom stereocenters. The lowest BCUT2D eigenvalue weighted by Crippen LogP contribution is -2.48. The second-order valence-corrected chi connectivity index (χ2v) is 5.44. The fourth-order valence-corrected chi connectivity index (χ4v) is 2.47. The van der Waals surface area contributed by atoms with Crippen LogP contribution in [0.2, 0.25) is 0 Å². The number of carbonyl (C=O) groups is 3. The summed E-state index contributed by atoms with van der Waals surface area (Å²) in [5, 5.41) is 3.28. The molecule has 3 rings (SSSR count). The fraction of sp³-hybridized carbons (Fsp3) is 0.188. The van der Waals surface area contributed by atoms with Gasteiger partial charge in [0, 0.05) is 5.56 Å². The smallest absolute Gasteiger partial charge is 0.344 e. The zero-order valence-electron chi connectivity index (χ0n) is 12.6. The van der Waals surface area contributed by atoms with E-state index in [4.69, 9.17) is 4.42 Å². The average Bonchev–Trinajstić information content (AvgIpc) is 3.06. The Balaban J connectivity index is 1.85. The number of nitrogens with one attached hydrogen (secondary N) is 2.